The fourth-order valence-electron chi connectivity index (χ4n) is 1.82. The zero-order valence-corrected chi connectivity index (χ0v) is 15.4. The van der Waals surface area contributed by atoms with E-state index in [1.54, 1.807) is 48.5 Å². The summed E-state index contributed by atoms with van der Waals surface area (Å²) >= 11 is 22.9. The van der Waals surface area contributed by atoms with E-state index >= 15 is 0 Å². The Labute approximate surface area is 160 Å². The maximum atomic E-state index is 12.2. The van der Waals surface area contributed by atoms with Crippen LogP contribution in [0.5, 0.6) is 0 Å². The van der Waals surface area contributed by atoms with Gasteiger partial charge in [0.25, 0.3) is 5.91 Å². The molecule has 0 aliphatic carbocycles. The quantitative estimate of drug-likeness (QED) is 0.399. The van der Waals surface area contributed by atoms with E-state index in [0.29, 0.717) is 10.6 Å². The summed E-state index contributed by atoms with van der Waals surface area (Å²) in [7, 11) is 0. The van der Waals surface area contributed by atoms with Crippen LogP contribution in [0, 0.1) is 0 Å². The van der Waals surface area contributed by atoms with Crippen LogP contribution >= 0.6 is 47.0 Å². The summed E-state index contributed by atoms with van der Waals surface area (Å²) in [5.41, 5.74) is 1.24. The Morgan fingerprint density at radius 3 is 2.17 bits per heavy atom. The van der Waals surface area contributed by atoms with Crippen molar-refractivity contribution in [3.05, 3.63) is 65.2 Å². The molecule has 0 aliphatic rings. The molecular formula is C16H14Cl3N3OS. The predicted molar refractivity (Wildman–Crippen MR) is 104 cm³/mol. The molecule has 0 aromatic heterocycles. The molecular weight excluding hydrogens is 389 g/mol. The van der Waals surface area contributed by atoms with Gasteiger partial charge >= 0.3 is 0 Å². The lowest BCUT2D eigenvalue weighted by molar-refractivity contribution is 0.0936. The molecule has 0 saturated carbocycles. The Morgan fingerprint density at radius 1 is 0.958 bits per heavy atom. The van der Waals surface area contributed by atoms with E-state index in [0.717, 1.165) is 5.69 Å². The van der Waals surface area contributed by atoms with Crippen molar-refractivity contribution < 1.29 is 4.79 Å². The highest BCUT2D eigenvalue weighted by Crippen LogP contribution is 2.14. The second-order valence-electron chi connectivity index (χ2n) is 4.76. The molecule has 4 nitrogen and oxygen atoms in total. The maximum absolute atomic E-state index is 12.2. The van der Waals surface area contributed by atoms with Crippen molar-refractivity contribution in [2.24, 2.45) is 0 Å². The van der Waals surface area contributed by atoms with Crippen molar-refractivity contribution in [3.8, 4) is 0 Å². The lowest BCUT2D eigenvalue weighted by atomic mass is 10.2. The number of thiocarbonyl (C=S) groups is 1. The van der Waals surface area contributed by atoms with Crippen molar-refractivity contribution in [3.63, 3.8) is 0 Å². The zero-order chi connectivity index (χ0) is 17.5. The van der Waals surface area contributed by atoms with Crippen LogP contribution in [0.4, 0.5) is 5.69 Å². The smallest absolute Gasteiger partial charge is 0.252 e. The molecule has 0 spiro atoms. The molecule has 1 atom stereocenters. The van der Waals surface area contributed by atoms with Gasteiger partial charge in [-0.1, -0.05) is 29.8 Å². The summed E-state index contributed by atoms with van der Waals surface area (Å²) in [4.78, 5) is 11.3. The van der Waals surface area contributed by atoms with Crippen molar-refractivity contribution in [1.29, 1.82) is 0 Å². The van der Waals surface area contributed by atoms with Gasteiger partial charge in [0.1, 0.15) is 11.0 Å². The number of benzene rings is 2. The molecule has 0 heterocycles. The number of amides is 1. The molecule has 2 aromatic rings. The standard InChI is InChI=1S/C16H14Cl3N3OS/c17-11-6-8-12(9-7-11)20-16(24)22-14(13(18)19)21-15(23)10-4-2-1-3-5-10/h1-9,13-14H,(H,21,23)(H2,20,22,24)/t14-/m0/s1. The molecule has 0 aliphatic heterocycles. The molecule has 126 valence electrons. The average molecular weight is 403 g/mol. The number of carbonyl (C=O) groups excluding carboxylic acids is 1. The third-order valence-corrected chi connectivity index (χ3v) is 3.94. The third kappa shape index (κ3) is 5.83. The number of hydrogen-bond donors (Lipinski definition) is 3. The van der Waals surface area contributed by atoms with Gasteiger partial charge in [-0.3, -0.25) is 4.79 Å². The Kier molecular flexibility index (Phi) is 7.12. The van der Waals surface area contributed by atoms with Gasteiger partial charge in [-0.05, 0) is 48.6 Å². The van der Waals surface area contributed by atoms with E-state index in [2.05, 4.69) is 16.0 Å². The first kappa shape index (κ1) is 18.8. The van der Waals surface area contributed by atoms with E-state index in [1.165, 1.54) is 0 Å². The summed E-state index contributed by atoms with van der Waals surface area (Å²) in [6.45, 7) is 0. The highest BCUT2D eigenvalue weighted by Gasteiger charge is 2.21. The minimum absolute atomic E-state index is 0.266. The second kappa shape index (κ2) is 9.08. The Bertz CT molecular complexity index is 695. The van der Waals surface area contributed by atoms with Gasteiger partial charge in [-0.2, -0.15) is 0 Å². The Hall–Kier alpha value is -1.53. The Balaban J connectivity index is 1.96. The average Bonchev–Trinajstić information content (AvgIpc) is 2.57. The van der Waals surface area contributed by atoms with Gasteiger partial charge in [0.15, 0.2) is 5.11 Å². The van der Waals surface area contributed by atoms with Gasteiger partial charge in [-0.15, -0.1) is 23.2 Å². The van der Waals surface area contributed by atoms with Gasteiger partial charge in [0.2, 0.25) is 0 Å². The van der Waals surface area contributed by atoms with Crippen LogP contribution in [0.2, 0.25) is 5.02 Å². The largest absolute Gasteiger partial charge is 0.340 e. The molecule has 0 bridgehead atoms. The van der Waals surface area contributed by atoms with Crippen LogP contribution in [0.3, 0.4) is 0 Å². The number of rotatable bonds is 5. The number of nitrogens with one attached hydrogen (secondary N) is 3. The summed E-state index contributed by atoms with van der Waals surface area (Å²) in [6, 6.07) is 15.7. The van der Waals surface area contributed by atoms with Crippen LogP contribution in [-0.4, -0.2) is 22.0 Å². The number of halogens is 3. The predicted octanol–water partition coefficient (Wildman–Crippen LogP) is 4.19. The van der Waals surface area contributed by atoms with Crippen molar-refractivity contribution in [2.45, 2.75) is 11.0 Å². The first-order valence-corrected chi connectivity index (χ1v) is 8.59. The first-order valence-electron chi connectivity index (χ1n) is 6.93. The maximum Gasteiger partial charge on any atom is 0.252 e. The van der Waals surface area contributed by atoms with Gasteiger partial charge in [-0.25, -0.2) is 0 Å². The summed E-state index contributed by atoms with van der Waals surface area (Å²) in [5.74, 6) is -0.311. The van der Waals surface area contributed by atoms with Gasteiger partial charge in [0.05, 0.1) is 0 Å². The number of alkyl halides is 2. The highest BCUT2D eigenvalue weighted by atomic mass is 35.5. The Morgan fingerprint density at radius 2 is 1.58 bits per heavy atom. The van der Waals surface area contributed by atoms with Crippen LogP contribution < -0.4 is 16.0 Å². The third-order valence-electron chi connectivity index (χ3n) is 2.96. The summed E-state index contributed by atoms with van der Waals surface area (Å²) in [6.07, 6.45) is -0.756. The topological polar surface area (TPSA) is 53.2 Å². The van der Waals surface area contributed by atoms with Crippen molar-refractivity contribution in [1.82, 2.24) is 10.6 Å². The normalized spacial score (nSPS) is 11.7. The van der Waals surface area contributed by atoms with E-state index in [1.807, 2.05) is 6.07 Å². The molecule has 0 fully saturated rings. The van der Waals surface area contributed by atoms with E-state index in [-0.39, 0.29) is 11.0 Å². The van der Waals surface area contributed by atoms with Crippen molar-refractivity contribution in [2.75, 3.05) is 5.32 Å². The first-order chi connectivity index (χ1) is 11.5. The van der Waals surface area contributed by atoms with Gasteiger partial charge in [0, 0.05) is 16.3 Å². The van der Waals surface area contributed by atoms with Crippen LogP contribution in [-0.2, 0) is 0 Å². The molecule has 1 amide bonds. The fourth-order valence-corrected chi connectivity index (χ4v) is 2.44. The lowest BCUT2D eigenvalue weighted by Crippen LogP contribution is -2.52. The SMILES string of the molecule is O=C(N[C@@H](NC(=S)Nc1ccc(Cl)cc1)C(Cl)Cl)c1ccccc1. The zero-order valence-electron chi connectivity index (χ0n) is 12.3. The van der Waals surface area contributed by atoms with Crippen LogP contribution in [0.25, 0.3) is 0 Å². The van der Waals surface area contributed by atoms with Crippen molar-refractivity contribution >= 4 is 63.7 Å². The fraction of sp³-hybridized carbons (Fsp3) is 0.125. The molecule has 24 heavy (non-hydrogen) atoms. The molecule has 0 unspecified atom stereocenters. The second-order valence-corrected chi connectivity index (χ2v) is 6.77. The summed E-state index contributed by atoms with van der Waals surface area (Å²) in [5, 5.41) is 9.41. The molecule has 0 saturated heterocycles. The molecule has 0 radical (unpaired) electrons. The minimum atomic E-state index is -0.900. The molecule has 8 heteroatoms. The minimum Gasteiger partial charge on any atom is -0.340 e. The lowest BCUT2D eigenvalue weighted by Gasteiger charge is -2.23. The van der Waals surface area contributed by atoms with E-state index < -0.39 is 11.0 Å². The molecule has 2 rings (SSSR count). The summed E-state index contributed by atoms with van der Waals surface area (Å²) < 4.78 is 0. The van der Waals surface area contributed by atoms with Gasteiger partial charge < -0.3 is 16.0 Å². The highest BCUT2D eigenvalue weighted by molar-refractivity contribution is 7.80. The number of hydrogen-bond acceptors (Lipinski definition) is 2. The molecule has 3 N–H and O–H groups in total. The van der Waals surface area contributed by atoms with Crippen LogP contribution in [0.1, 0.15) is 10.4 Å². The van der Waals surface area contributed by atoms with E-state index in [9.17, 15) is 4.79 Å². The number of anilines is 1. The number of carbonyl (C=O) groups is 1. The monoisotopic (exact) mass is 401 g/mol. The van der Waals surface area contributed by atoms with E-state index in [4.69, 9.17) is 47.0 Å². The molecule has 2 aromatic carbocycles. The van der Waals surface area contributed by atoms with Crippen LogP contribution in [0.15, 0.2) is 54.6 Å².